The zero-order valence-corrected chi connectivity index (χ0v) is 17.4. The molecule has 5 aromatic rings. The molecule has 0 aliphatic heterocycles. The number of para-hydroxylation sites is 1. The van der Waals surface area contributed by atoms with Gasteiger partial charge in [0.25, 0.3) is 0 Å². The van der Waals surface area contributed by atoms with Crippen molar-refractivity contribution < 1.29 is 4.39 Å². The van der Waals surface area contributed by atoms with Crippen LogP contribution >= 0.6 is 11.6 Å². The number of H-pyrrole nitrogens is 1. The van der Waals surface area contributed by atoms with Crippen molar-refractivity contribution >= 4 is 39.5 Å². The molecule has 1 atom stereocenters. The van der Waals surface area contributed by atoms with Gasteiger partial charge in [-0.3, -0.25) is 0 Å². The van der Waals surface area contributed by atoms with Crippen LogP contribution in [0.1, 0.15) is 30.7 Å². The second kappa shape index (κ2) is 7.59. The summed E-state index contributed by atoms with van der Waals surface area (Å²) in [6.07, 6.45) is 2.23. The first kappa shape index (κ1) is 19.4. The minimum Gasteiger partial charge on any atom is -0.382 e. The number of imidazole rings is 1. The summed E-state index contributed by atoms with van der Waals surface area (Å²) >= 11 is 6.41. The maximum Gasteiger partial charge on any atom is 0.183 e. The van der Waals surface area contributed by atoms with Crippen molar-refractivity contribution in [1.29, 1.82) is 0 Å². The first-order valence-electron chi connectivity index (χ1n) is 9.86. The quantitative estimate of drug-likeness (QED) is 0.392. The Hall–Kier alpha value is -3.58. The number of fused-ring (bicyclic) bond motifs is 2. The summed E-state index contributed by atoms with van der Waals surface area (Å²) in [5, 5.41) is 1.42. The molecule has 3 aromatic heterocycles. The molecule has 0 amide bonds. The van der Waals surface area contributed by atoms with Gasteiger partial charge in [-0.15, -0.1) is 0 Å². The normalized spacial score (nSPS) is 12.5. The summed E-state index contributed by atoms with van der Waals surface area (Å²) in [5.41, 5.74) is 10.1. The molecule has 154 valence electrons. The molecule has 3 heterocycles. The van der Waals surface area contributed by atoms with E-state index in [2.05, 4.69) is 19.9 Å². The topological polar surface area (TPSA) is 93.4 Å². The minimum atomic E-state index is -0.337. The monoisotopic (exact) mass is 432 g/mol. The molecule has 31 heavy (non-hydrogen) atoms. The predicted octanol–water partition coefficient (Wildman–Crippen LogP) is 5.48. The maximum absolute atomic E-state index is 14.1. The predicted molar refractivity (Wildman–Crippen MR) is 120 cm³/mol. The smallest absolute Gasteiger partial charge is 0.183 e. The van der Waals surface area contributed by atoms with Gasteiger partial charge >= 0.3 is 0 Å². The van der Waals surface area contributed by atoms with E-state index in [1.165, 1.54) is 18.5 Å². The van der Waals surface area contributed by atoms with Crippen LogP contribution < -0.4 is 5.73 Å². The highest BCUT2D eigenvalue weighted by Crippen LogP contribution is 2.37. The molecular weight excluding hydrogens is 415 g/mol. The Morgan fingerprint density at radius 3 is 2.74 bits per heavy atom. The molecule has 5 rings (SSSR count). The van der Waals surface area contributed by atoms with Gasteiger partial charge in [-0.25, -0.2) is 24.3 Å². The Morgan fingerprint density at radius 1 is 1.10 bits per heavy atom. The lowest BCUT2D eigenvalue weighted by Gasteiger charge is -2.19. The van der Waals surface area contributed by atoms with E-state index in [1.807, 2.05) is 31.2 Å². The molecule has 0 aliphatic rings. The molecule has 0 saturated carbocycles. The molecule has 2 aromatic carbocycles. The van der Waals surface area contributed by atoms with E-state index in [9.17, 15) is 4.39 Å². The number of nitrogens with one attached hydrogen (secondary N) is 1. The van der Waals surface area contributed by atoms with Gasteiger partial charge in [-0.2, -0.15) is 0 Å². The molecule has 0 bridgehead atoms. The van der Waals surface area contributed by atoms with Gasteiger partial charge in [0.05, 0.1) is 22.6 Å². The van der Waals surface area contributed by atoms with Crippen molar-refractivity contribution in [3.8, 4) is 11.3 Å². The number of hydrogen-bond acceptors (Lipinski definition) is 5. The fourth-order valence-electron chi connectivity index (χ4n) is 3.88. The Bertz CT molecular complexity index is 1430. The highest BCUT2D eigenvalue weighted by Gasteiger charge is 2.24. The Labute approximate surface area is 182 Å². The van der Waals surface area contributed by atoms with Crippen LogP contribution in [-0.4, -0.2) is 24.9 Å². The average Bonchev–Trinajstić information content (AvgIpc) is 3.24. The van der Waals surface area contributed by atoms with Crippen molar-refractivity contribution in [2.75, 3.05) is 5.73 Å². The summed E-state index contributed by atoms with van der Waals surface area (Å²) in [5.74, 6) is 0.314. The molecular formula is C23H18ClFN6. The van der Waals surface area contributed by atoms with Gasteiger partial charge in [0.1, 0.15) is 17.2 Å². The van der Waals surface area contributed by atoms with Gasteiger partial charge in [-0.1, -0.05) is 42.8 Å². The number of aromatic nitrogens is 5. The zero-order chi connectivity index (χ0) is 21.5. The largest absolute Gasteiger partial charge is 0.382 e. The summed E-state index contributed by atoms with van der Waals surface area (Å²) in [6, 6.07) is 14.0. The van der Waals surface area contributed by atoms with E-state index >= 15 is 0 Å². The Balaban J connectivity index is 1.79. The molecule has 0 spiro atoms. The van der Waals surface area contributed by atoms with Crippen LogP contribution in [0.4, 0.5) is 10.2 Å². The average molecular weight is 433 g/mol. The van der Waals surface area contributed by atoms with Gasteiger partial charge in [0, 0.05) is 16.9 Å². The number of benzene rings is 2. The number of hydrogen-bond donors (Lipinski definition) is 2. The molecule has 0 fully saturated rings. The van der Waals surface area contributed by atoms with E-state index in [1.54, 1.807) is 12.1 Å². The van der Waals surface area contributed by atoms with Crippen molar-refractivity contribution in [1.82, 2.24) is 24.9 Å². The molecule has 0 saturated heterocycles. The fraction of sp³-hybridized carbons (Fsp3) is 0.130. The first-order valence-corrected chi connectivity index (χ1v) is 10.2. The van der Waals surface area contributed by atoms with E-state index in [0.29, 0.717) is 51.0 Å². The number of aromatic amines is 1. The number of halogens is 2. The van der Waals surface area contributed by atoms with Crippen LogP contribution in [-0.2, 0) is 0 Å². The maximum atomic E-state index is 14.1. The lowest BCUT2D eigenvalue weighted by Crippen LogP contribution is -2.10. The third-order valence-corrected chi connectivity index (χ3v) is 5.66. The lowest BCUT2D eigenvalue weighted by atomic mass is 9.90. The zero-order valence-electron chi connectivity index (χ0n) is 16.6. The Kier molecular flexibility index (Phi) is 4.75. The van der Waals surface area contributed by atoms with E-state index in [0.717, 1.165) is 10.9 Å². The van der Waals surface area contributed by atoms with Crippen LogP contribution in [0, 0.1) is 5.82 Å². The number of anilines is 1. The van der Waals surface area contributed by atoms with Crippen LogP contribution in [0.25, 0.3) is 33.3 Å². The summed E-state index contributed by atoms with van der Waals surface area (Å²) in [4.78, 5) is 21.2. The van der Waals surface area contributed by atoms with Crippen molar-refractivity contribution in [2.45, 2.75) is 19.3 Å². The van der Waals surface area contributed by atoms with Gasteiger partial charge < -0.3 is 10.7 Å². The van der Waals surface area contributed by atoms with Gasteiger partial charge in [0.2, 0.25) is 0 Å². The molecule has 3 N–H and O–H groups in total. The number of nitrogens with two attached hydrogens (primary N) is 1. The van der Waals surface area contributed by atoms with Crippen molar-refractivity contribution in [3.05, 3.63) is 77.1 Å². The third kappa shape index (κ3) is 3.37. The molecule has 0 radical (unpaired) electrons. The number of rotatable bonds is 4. The van der Waals surface area contributed by atoms with Crippen LogP contribution in [0.3, 0.4) is 0 Å². The SMILES string of the molecule is CC[C@H](c1nc(N)c2[nH]cnc2n1)c1cc2cccc(Cl)c2nc1-c1cccc(F)c1. The molecule has 6 nitrogen and oxygen atoms in total. The van der Waals surface area contributed by atoms with E-state index in [4.69, 9.17) is 22.3 Å². The van der Waals surface area contributed by atoms with Crippen LogP contribution in [0.15, 0.2) is 54.9 Å². The molecule has 0 unspecified atom stereocenters. The summed E-state index contributed by atoms with van der Waals surface area (Å²) < 4.78 is 14.1. The number of pyridine rings is 1. The highest BCUT2D eigenvalue weighted by atomic mass is 35.5. The van der Waals surface area contributed by atoms with Crippen LogP contribution in [0.2, 0.25) is 5.02 Å². The number of nitrogen functional groups attached to an aromatic ring is 1. The van der Waals surface area contributed by atoms with Crippen molar-refractivity contribution in [2.24, 2.45) is 0 Å². The van der Waals surface area contributed by atoms with Gasteiger partial charge in [-0.05, 0) is 36.2 Å². The fourth-order valence-corrected chi connectivity index (χ4v) is 4.11. The minimum absolute atomic E-state index is 0.224. The van der Waals surface area contributed by atoms with Crippen LogP contribution in [0.5, 0.6) is 0 Å². The second-order valence-corrected chi connectivity index (χ2v) is 7.68. The lowest BCUT2D eigenvalue weighted by molar-refractivity contribution is 0.628. The standard InChI is InChI=1S/C23H18ClFN6/c1-2-15(22-30-21(26)20-23(31-22)28-11-27-20)16-10-13-6-4-8-17(24)19(13)29-18(16)12-5-3-7-14(25)9-12/h3-11,15H,2H2,1H3,(H3,26,27,28,30,31)/t15-/m0/s1. The van der Waals surface area contributed by atoms with Gasteiger partial charge in [0.15, 0.2) is 11.5 Å². The third-order valence-electron chi connectivity index (χ3n) is 5.35. The molecule has 8 heteroatoms. The second-order valence-electron chi connectivity index (χ2n) is 7.28. The van der Waals surface area contributed by atoms with E-state index in [-0.39, 0.29) is 11.7 Å². The van der Waals surface area contributed by atoms with E-state index < -0.39 is 0 Å². The summed E-state index contributed by atoms with van der Waals surface area (Å²) in [6.45, 7) is 2.04. The Morgan fingerprint density at radius 2 is 1.94 bits per heavy atom. The van der Waals surface area contributed by atoms with Crippen molar-refractivity contribution in [3.63, 3.8) is 0 Å². The highest BCUT2D eigenvalue weighted by molar-refractivity contribution is 6.35. The first-order chi connectivity index (χ1) is 15.0. The number of nitrogens with zero attached hydrogens (tertiary/aromatic N) is 4. The summed E-state index contributed by atoms with van der Waals surface area (Å²) in [7, 11) is 0. The molecule has 0 aliphatic carbocycles.